The van der Waals surface area contributed by atoms with Gasteiger partial charge in [0, 0.05) is 20.2 Å². The Labute approximate surface area is 138 Å². The Balaban J connectivity index is 2.07. The predicted octanol–water partition coefficient (Wildman–Crippen LogP) is 2.86. The van der Waals surface area contributed by atoms with Crippen LogP contribution in [0, 0.1) is 6.92 Å². The van der Waals surface area contributed by atoms with Gasteiger partial charge < -0.3 is 14.4 Å². The van der Waals surface area contributed by atoms with Crippen LogP contribution in [0.15, 0.2) is 12.3 Å². The van der Waals surface area contributed by atoms with Crippen LogP contribution in [0.5, 0.6) is 0 Å². The zero-order chi connectivity index (χ0) is 17.0. The van der Waals surface area contributed by atoms with Gasteiger partial charge in [-0.1, -0.05) is 6.08 Å². The van der Waals surface area contributed by atoms with E-state index in [-0.39, 0.29) is 6.09 Å². The third kappa shape index (κ3) is 4.58. The quantitative estimate of drug-likeness (QED) is 0.855. The Morgan fingerprint density at radius 2 is 2.13 bits per heavy atom. The van der Waals surface area contributed by atoms with E-state index < -0.39 is 5.60 Å². The third-order valence-corrected chi connectivity index (χ3v) is 3.69. The summed E-state index contributed by atoms with van der Waals surface area (Å²) >= 11 is 0. The summed E-state index contributed by atoms with van der Waals surface area (Å²) in [5, 5.41) is 4.42. The van der Waals surface area contributed by atoms with Gasteiger partial charge in [0.1, 0.15) is 5.60 Å². The number of hydrogen-bond acceptors (Lipinski definition) is 4. The first kappa shape index (κ1) is 17.5. The van der Waals surface area contributed by atoms with Gasteiger partial charge in [-0.3, -0.25) is 4.68 Å². The second kappa shape index (κ2) is 7.17. The molecule has 1 aromatic heterocycles. The van der Waals surface area contributed by atoms with Gasteiger partial charge in [0.05, 0.1) is 25.0 Å². The van der Waals surface area contributed by atoms with E-state index in [1.165, 1.54) is 5.57 Å². The molecule has 6 heteroatoms. The van der Waals surface area contributed by atoms with Crippen LogP contribution >= 0.6 is 0 Å². The van der Waals surface area contributed by atoms with Crippen molar-refractivity contribution in [2.24, 2.45) is 0 Å². The summed E-state index contributed by atoms with van der Waals surface area (Å²) in [4.78, 5) is 13.9. The maximum absolute atomic E-state index is 12.1. The molecule has 0 aromatic carbocycles. The molecule has 0 radical (unpaired) electrons. The second-order valence-corrected chi connectivity index (χ2v) is 6.80. The summed E-state index contributed by atoms with van der Waals surface area (Å²) < 4.78 is 12.5. The average Bonchev–Trinajstić information content (AvgIpc) is 2.84. The van der Waals surface area contributed by atoms with E-state index in [4.69, 9.17) is 9.47 Å². The summed E-state index contributed by atoms with van der Waals surface area (Å²) in [5.41, 5.74) is 3.07. The van der Waals surface area contributed by atoms with Gasteiger partial charge in [0.2, 0.25) is 0 Å². The lowest BCUT2D eigenvalue weighted by atomic mass is 10.0. The first-order valence-electron chi connectivity index (χ1n) is 8.00. The molecule has 0 saturated heterocycles. The molecule has 0 unspecified atom stereocenters. The predicted molar refractivity (Wildman–Crippen MR) is 89.2 cm³/mol. The molecule has 0 atom stereocenters. The fraction of sp³-hybridized carbons (Fsp3) is 0.647. The largest absolute Gasteiger partial charge is 0.444 e. The smallest absolute Gasteiger partial charge is 0.410 e. The van der Waals surface area contributed by atoms with Gasteiger partial charge in [0.15, 0.2) is 0 Å². The summed E-state index contributed by atoms with van der Waals surface area (Å²) in [6, 6.07) is 0. The molecule has 2 rings (SSSR count). The van der Waals surface area contributed by atoms with Gasteiger partial charge >= 0.3 is 6.09 Å². The Bertz CT molecular complexity index is 584. The molecule has 6 nitrogen and oxygen atoms in total. The SMILES string of the molecule is COCCn1ncc(C)c1C1=CCN(C(=O)OC(C)(C)C)CC1. The van der Waals surface area contributed by atoms with Crippen molar-refractivity contribution in [2.45, 2.75) is 46.3 Å². The van der Waals surface area contributed by atoms with Gasteiger partial charge in [-0.05, 0) is 45.3 Å². The van der Waals surface area contributed by atoms with Gasteiger partial charge in [-0.15, -0.1) is 0 Å². The van der Waals surface area contributed by atoms with Gasteiger partial charge in [0.25, 0.3) is 0 Å². The topological polar surface area (TPSA) is 56.6 Å². The summed E-state index contributed by atoms with van der Waals surface area (Å²) in [7, 11) is 1.69. The molecule has 1 amide bonds. The number of carbonyl (C=O) groups is 1. The van der Waals surface area contributed by atoms with Crippen LogP contribution in [0.25, 0.3) is 5.57 Å². The fourth-order valence-electron chi connectivity index (χ4n) is 2.62. The fourth-order valence-corrected chi connectivity index (χ4v) is 2.62. The first-order valence-corrected chi connectivity index (χ1v) is 8.00. The minimum absolute atomic E-state index is 0.252. The van der Waals surface area contributed by atoms with Crippen LogP contribution in [-0.2, 0) is 16.0 Å². The number of hydrogen-bond donors (Lipinski definition) is 0. The zero-order valence-corrected chi connectivity index (χ0v) is 14.8. The number of ether oxygens (including phenoxy) is 2. The van der Waals surface area contributed by atoms with E-state index in [1.54, 1.807) is 12.0 Å². The maximum Gasteiger partial charge on any atom is 0.410 e. The molecular formula is C17H27N3O3. The van der Waals surface area contributed by atoms with Crippen molar-refractivity contribution in [3.05, 3.63) is 23.5 Å². The third-order valence-electron chi connectivity index (χ3n) is 3.69. The normalized spacial score (nSPS) is 15.5. The summed E-state index contributed by atoms with van der Waals surface area (Å²) in [6.45, 7) is 10.3. The molecule has 23 heavy (non-hydrogen) atoms. The lowest BCUT2D eigenvalue weighted by Crippen LogP contribution is -2.39. The Hall–Kier alpha value is -1.82. The van der Waals surface area contributed by atoms with E-state index in [2.05, 4.69) is 18.1 Å². The van der Waals surface area contributed by atoms with Crippen molar-refractivity contribution in [2.75, 3.05) is 26.8 Å². The molecule has 1 aromatic rings. The maximum atomic E-state index is 12.1. The molecule has 0 spiro atoms. The van der Waals surface area contributed by atoms with Crippen molar-refractivity contribution >= 4 is 11.7 Å². The van der Waals surface area contributed by atoms with Crippen LogP contribution in [0.2, 0.25) is 0 Å². The molecule has 1 aliphatic heterocycles. The van der Waals surface area contributed by atoms with E-state index in [0.717, 1.165) is 24.2 Å². The Morgan fingerprint density at radius 3 is 2.70 bits per heavy atom. The van der Waals surface area contributed by atoms with E-state index in [0.29, 0.717) is 19.7 Å². The highest BCUT2D eigenvalue weighted by molar-refractivity contribution is 5.72. The molecule has 0 saturated carbocycles. The number of carbonyl (C=O) groups excluding carboxylic acids is 1. The van der Waals surface area contributed by atoms with Crippen LogP contribution < -0.4 is 0 Å². The summed E-state index contributed by atoms with van der Waals surface area (Å²) in [5.74, 6) is 0. The van der Waals surface area contributed by atoms with E-state index in [1.807, 2.05) is 31.6 Å². The number of nitrogens with zero attached hydrogens (tertiary/aromatic N) is 3. The highest BCUT2D eigenvalue weighted by atomic mass is 16.6. The average molecular weight is 321 g/mol. The second-order valence-electron chi connectivity index (χ2n) is 6.80. The molecule has 0 fully saturated rings. The Kier molecular flexibility index (Phi) is 5.46. The van der Waals surface area contributed by atoms with Crippen molar-refractivity contribution in [1.29, 1.82) is 0 Å². The molecule has 2 heterocycles. The number of aromatic nitrogens is 2. The standard InChI is InChI=1S/C17H27N3O3/c1-13-12-18-20(10-11-22-5)15(13)14-6-8-19(9-7-14)16(21)23-17(2,3)4/h6,12H,7-11H2,1-5H3. The van der Waals surface area contributed by atoms with Crippen molar-refractivity contribution < 1.29 is 14.3 Å². The van der Waals surface area contributed by atoms with Gasteiger partial charge in [-0.2, -0.15) is 5.10 Å². The Morgan fingerprint density at radius 1 is 1.39 bits per heavy atom. The monoisotopic (exact) mass is 321 g/mol. The molecule has 0 aliphatic carbocycles. The van der Waals surface area contributed by atoms with Crippen LogP contribution in [0.4, 0.5) is 4.79 Å². The lowest BCUT2D eigenvalue weighted by Gasteiger charge is -2.29. The minimum Gasteiger partial charge on any atom is -0.444 e. The van der Waals surface area contributed by atoms with E-state index >= 15 is 0 Å². The molecule has 0 bridgehead atoms. The van der Waals surface area contributed by atoms with Gasteiger partial charge in [-0.25, -0.2) is 4.79 Å². The summed E-state index contributed by atoms with van der Waals surface area (Å²) in [6.07, 6.45) is 4.53. The molecule has 1 aliphatic rings. The van der Waals surface area contributed by atoms with Crippen molar-refractivity contribution in [3.8, 4) is 0 Å². The number of rotatable bonds is 4. The number of aryl methyl sites for hydroxylation is 1. The van der Waals surface area contributed by atoms with Crippen LogP contribution in [0.3, 0.4) is 0 Å². The minimum atomic E-state index is -0.462. The highest BCUT2D eigenvalue weighted by Gasteiger charge is 2.25. The van der Waals surface area contributed by atoms with Crippen LogP contribution in [0.1, 0.15) is 38.4 Å². The molecule has 0 N–H and O–H groups in total. The van der Waals surface area contributed by atoms with Crippen LogP contribution in [-0.4, -0.2) is 53.2 Å². The zero-order valence-electron chi connectivity index (χ0n) is 14.8. The first-order chi connectivity index (χ1) is 10.8. The van der Waals surface area contributed by atoms with Crippen molar-refractivity contribution in [1.82, 2.24) is 14.7 Å². The van der Waals surface area contributed by atoms with Crippen molar-refractivity contribution in [3.63, 3.8) is 0 Å². The molecule has 128 valence electrons. The molecular weight excluding hydrogens is 294 g/mol. The lowest BCUT2D eigenvalue weighted by molar-refractivity contribution is 0.0270. The highest BCUT2D eigenvalue weighted by Crippen LogP contribution is 2.26. The number of methoxy groups -OCH3 is 1. The number of amides is 1. The van der Waals surface area contributed by atoms with E-state index in [9.17, 15) is 4.79 Å².